The summed E-state index contributed by atoms with van der Waals surface area (Å²) in [6, 6.07) is 66.4. The molecule has 0 aliphatic rings. The Morgan fingerprint density at radius 2 is 0.336 bits per heavy atom. The third kappa shape index (κ3) is 63.9. The van der Waals surface area contributed by atoms with Crippen molar-refractivity contribution in [3.63, 3.8) is 0 Å². The first kappa shape index (κ1) is 126. The Bertz CT molecular complexity index is 3270. The Kier molecular flexibility index (Phi) is 80.3. The van der Waals surface area contributed by atoms with Crippen LogP contribution >= 0.6 is 0 Å². The number of aliphatic hydroxyl groups excluding tert-OH is 10. The number of aliphatic hydroxyl groups is 10. The van der Waals surface area contributed by atoms with E-state index < -0.39 is 47.8 Å². The Hall–Kier alpha value is -10.9. The van der Waals surface area contributed by atoms with E-state index >= 15 is 0 Å². The number of unbranched alkanes of at least 4 members (excludes halogenated alkanes) is 2. The fourth-order valence-electron chi connectivity index (χ4n) is 11.5. The van der Waals surface area contributed by atoms with Gasteiger partial charge in [0.2, 0.25) is 0 Å². The van der Waals surface area contributed by atoms with Crippen molar-refractivity contribution in [2.45, 2.75) is 148 Å². The molecule has 0 bridgehead atoms. The SMILES string of the molecule is CC(C)C(CO)C(CO)C(C)C.CC(C)C(CO)C(CO)C(C)C.CC(CO)C(C)CO.CCC(CO)C(CC)CO.CCCCC(CO)C(CO)CCCC.O=C(O)c1ccccc1.O=C(O)c1ccccc1.O=C(O)c1ccccc1.O=C(O)c1ccccc1.O=C(O)c1ccccc1.O=C(O)c1ccccc1.O=C(O)c1ccccc1.O=C(O)c1ccccc1. The number of benzene rings is 8. The van der Waals surface area contributed by atoms with Gasteiger partial charge >= 0.3 is 47.8 Å². The lowest BCUT2D eigenvalue weighted by molar-refractivity contribution is 0.0633. The highest BCUT2D eigenvalue weighted by Crippen LogP contribution is 2.28. The van der Waals surface area contributed by atoms with Gasteiger partial charge in [0, 0.05) is 66.1 Å². The molecule has 8 aromatic carbocycles. The zero-order chi connectivity index (χ0) is 98.3. The summed E-state index contributed by atoms with van der Waals surface area (Å²) in [6.07, 6.45) is 8.68. The van der Waals surface area contributed by atoms with E-state index in [1.54, 1.807) is 243 Å². The van der Waals surface area contributed by atoms with Crippen LogP contribution in [0.4, 0.5) is 0 Å². The monoisotopic (exact) mass is 1790 g/mol. The van der Waals surface area contributed by atoms with E-state index in [2.05, 4.69) is 69.2 Å². The number of carbonyl (C=O) groups is 8. The van der Waals surface area contributed by atoms with Crippen LogP contribution in [0.3, 0.4) is 0 Å². The molecule has 0 saturated heterocycles. The summed E-state index contributed by atoms with van der Waals surface area (Å²) in [6.45, 7) is 30.9. The number of hydrogen-bond acceptors (Lipinski definition) is 18. The predicted molar refractivity (Wildman–Crippen MR) is 503 cm³/mol. The van der Waals surface area contributed by atoms with E-state index in [1.165, 1.54) is 12.8 Å². The maximum Gasteiger partial charge on any atom is 0.335 e. The predicted octanol–water partition coefficient (Wildman–Crippen LogP) is 18.0. The van der Waals surface area contributed by atoms with Crippen molar-refractivity contribution >= 4 is 47.8 Å². The maximum absolute atomic E-state index is 10.2. The van der Waals surface area contributed by atoms with E-state index in [9.17, 15) is 48.6 Å². The highest BCUT2D eigenvalue weighted by atomic mass is 16.4. The molecule has 128 heavy (non-hydrogen) atoms. The fourth-order valence-corrected chi connectivity index (χ4v) is 11.5. The largest absolute Gasteiger partial charge is 0.478 e. The second kappa shape index (κ2) is 81.8. The molecule has 0 amide bonds. The summed E-state index contributed by atoms with van der Waals surface area (Å²) in [5.74, 6) is -2.71. The van der Waals surface area contributed by atoms with Gasteiger partial charge in [-0.25, -0.2) is 38.4 Å². The second-order valence-corrected chi connectivity index (χ2v) is 30.9. The molecular weight excluding hydrogens is 1640 g/mol. The van der Waals surface area contributed by atoms with Crippen LogP contribution in [-0.2, 0) is 0 Å². The Labute approximate surface area is 758 Å². The Balaban J connectivity index is -0.000000428. The standard InChI is InChI=1S/C12H26O2.2C10H22O2.C8H18O2.8C7H6O2.C6H14O2/c1-3-5-7-11(9-13)12(10-14)8-6-4-2;2*1-7(2)9(5-11)10(6-12)8(3)4;1-3-7(5-9)8(4-2)6-10;8*8-7(9)6-4-2-1-3-5-6;1-5(3-7)6(2)4-8/h11-14H,3-10H2,1-2H3;2*7-12H,5-6H2,1-4H3;7-10H,3-6H2,1-2H3;8*1-5H,(H,8,9);5-8H,3-4H2,1-2H3. The average molecular weight is 1790 g/mol. The first-order chi connectivity index (χ1) is 60.8. The molecule has 714 valence electrons. The summed E-state index contributed by atoms with van der Waals surface area (Å²) in [5, 5.41) is 157. The molecule has 8 rings (SSSR count). The van der Waals surface area contributed by atoms with Gasteiger partial charge in [-0.15, -0.1) is 0 Å². The van der Waals surface area contributed by atoms with E-state index in [0.717, 1.165) is 38.5 Å². The summed E-state index contributed by atoms with van der Waals surface area (Å²) in [7, 11) is 0. The van der Waals surface area contributed by atoms with Crippen molar-refractivity contribution in [2.24, 2.45) is 82.9 Å². The lowest BCUT2D eigenvalue weighted by Gasteiger charge is -2.30. The minimum absolute atomic E-state index is 0.168. The van der Waals surface area contributed by atoms with E-state index in [-0.39, 0.29) is 113 Å². The summed E-state index contributed by atoms with van der Waals surface area (Å²) in [5.41, 5.74) is 2.65. The molecule has 26 nitrogen and oxygen atoms in total. The average Bonchev–Trinajstić information content (AvgIpc) is 0.887. The Morgan fingerprint density at radius 3 is 0.406 bits per heavy atom. The normalized spacial score (nSPS) is 12.3. The number of aromatic carboxylic acids is 8. The molecular formula is C102H150O26. The summed E-state index contributed by atoms with van der Waals surface area (Å²) < 4.78 is 0. The molecule has 10 atom stereocenters. The smallest absolute Gasteiger partial charge is 0.335 e. The number of carboxylic acid groups (broad SMARTS) is 8. The fraction of sp³-hybridized carbons (Fsp3) is 0.451. The Morgan fingerprint density at radius 1 is 0.203 bits per heavy atom. The van der Waals surface area contributed by atoms with Crippen LogP contribution in [0.25, 0.3) is 0 Å². The molecule has 0 radical (unpaired) electrons. The van der Waals surface area contributed by atoms with Crippen LogP contribution in [0.15, 0.2) is 243 Å². The van der Waals surface area contributed by atoms with Gasteiger partial charge in [-0.2, -0.15) is 0 Å². The zero-order valence-corrected chi connectivity index (χ0v) is 77.2. The molecule has 0 aliphatic carbocycles. The molecule has 0 fully saturated rings. The topological polar surface area (TPSA) is 501 Å². The highest BCUT2D eigenvalue weighted by molar-refractivity contribution is 5.90. The quantitative estimate of drug-likeness (QED) is 0.0175. The van der Waals surface area contributed by atoms with E-state index in [1.807, 2.05) is 27.7 Å². The van der Waals surface area contributed by atoms with Crippen molar-refractivity contribution in [1.29, 1.82) is 0 Å². The molecule has 0 heterocycles. The molecule has 26 heteroatoms. The lowest BCUT2D eigenvalue weighted by atomic mass is 9.78. The van der Waals surface area contributed by atoms with Gasteiger partial charge in [-0.1, -0.05) is 281 Å². The minimum atomic E-state index is -0.879. The first-order valence-electron chi connectivity index (χ1n) is 43.2. The van der Waals surface area contributed by atoms with Gasteiger partial charge in [0.25, 0.3) is 0 Å². The first-order valence-corrected chi connectivity index (χ1v) is 43.2. The van der Waals surface area contributed by atoms with Gasteiger partial charge in [-0.3, -0.25) is 0 Å². The third-order valence-corrected chi connectivity index (χ3v) is 20.3. The van der Waals surface area contributed by atoms with Crippen LogP contribution in [0.1, 0.15) is 231 Å². The lowest BCUT2D eigenvalue weighted by Crippen LogP contribution is -2.30. The highest BCUT2D eigenvalue weighted by Gasteiger charge is 2.27. The van der Waals surface area contributed by atoms with Crippen LogP contribution in [0.2, 0.25) is 0 Å². The van der Waals surface area contributed by atoms with Crippen LogP contribution in [0, 0.1) is 82.9 Å². The molecule has 0 saturated carbocycles. The van der Waals surface area contributed by atoms with Crippen molar-refractivity contribution in [1.82, 2.24) is 0 Å². The maximum atomic E-state index is 10.2. The molecule has 10 unspecified atom stereocenters. The van der Waals surface area contributed by atoms with Gasteiger partial charge in [0.15, 0.2) is 0 Å². The third-order valence-electron chi connectivity index (χ3n) is 20.3. The van der Waals surface area contributed by atoms with Crippen molar-refractivity contribution in [2.75, 3.05) is 66.1 Å². The van der Waals surface area contributed by atoms with E-state index in [0.29, 0.717) is 80.0 Å². The van der Waals surface area contributed by atoms with Crippen molar-refractivity contribution < 1.29 is 130 Å². The summed E-state index contributed by atoms with van der Waals surface area (Å²) in [4.78, 5) is 81.6. The molecule has 0 spiro atoms. The molecule has 0 aromatic heterocycles. The zero-order valence-electron chi connectivity index (χ0n) is 77.2. The number of carboxylic acids is 8. The van der Waals surface area contributed by atoms with E-state index in [4.69, 9.17) is 81.7 Å². The number of hydrogen-bond donors (Lipinski definition) is 18. The van der Waals surface area contributed by atoms with Crippen LogP contribution in [0.5, 0.6) is 0 Å². The van der Waals surface area contributed by atoms with Crippen LogP contribution in [-0.4, -0.2) is 206 Å². The second-order valence-electron chi connectivity index (χ2n) is 30.9. The van der Waals surface area contributed by atoms with Gasteiger partial charge in [0.05, 0.1) is 44.5 Å². The van der Waals surface area contributed by atoms with Crippen molar-refractivity contribution in [3.8, 4) is 0 Å². The van der Waals surface area contributed by atoms with Gasteiger partial charge in [-0.05, 0) is 193 Å². The van der Waals surface area contributed by atoms with Gasteiger partial charge < -0.3 is 91.9 Å². The van der Waals surface area contributed by atoms with Gasteiger partial charge in [0.1, 0.15) is 0 Å². The number of rotatable bonds is 35. The van der Waals surface area contributed by atoms with Crippen molar-refractivity contribution in [3.05, 3.63) is 287 Å². The summed E-state index contributed by atoms with van der Waals surface area (Å²) >= 11 is 0. The van der Waals surface area contributed by atoms with Crippen LogP contribution < -0.4 is 0 Å². The molecule has 0 aliphatic heterocycles. The molecule has 8 aromatic rings. The molecule has 18 N–H and O–H groups in total. The minimum Gasteiger partial charge on any atom is -0.478 e.